The van der Waals surface area contributed by atoms with Gasteiger partial charge in [0, 0.05) is 12.4 Å². The Labute approximate surface area is 127 Å². The summed E-state index contributed by atoms with van der Waals surface area (Å²) in [7, 11) is 0. The van der Waals surface area contributed by atoms with E-state index in [9.17, 15) is 19.5 Å². The van der Waals surface area contributed by atoms with Gasteiger partial charge in [0.05, 0.1) is 18.1 Å². The first-order chi connectivity index (χ1) is 10.6. The van der Waals surface area contributed by atoms with Gasteiger partial charge in [-0.2, -0.15) is 0 Å². The third-order valence-corrected chi connectivity index (χ3v) is 5.50. The minimum atomic E-state index is -1.30. The maximum Gasteiger partial charge on any atom is 0.234 e. The average molecular weight is 302 g/mol. The van der Waals surface area contributed by atoms with Crippen LogP contribution in [0.5, 0.6) is 0 Å². The molecule has 0 N–H and O–H groups in total. The lowest BCUT2D eigenvalue weighted by Gasteiger charge is -2.26. The zero-order valence-corrected chi connectivity index (χ0v) is 11.9. The summed E-state index contributed by atoms with van der Waals surface area (Å²) in [6.07, 6.45) is 3.91. The molecule has 2 aliphatic carbocycles. The number of carboxylic acid groups (broad SMARTS) is 1. The number of fused-ring (bicyclic) bond motifs is 5. The number of carboxylic acids is 1. The van der Waals surface area contributed by atoms with Gasteiger partial charge in [0.15, 0.2) is 0 Å². The highest BCUT2D eigenvalue weighted by Gasteiger charge is 2.62. The predicted molar refractivity (Wildman–Crippen MR) is 70.7 cm³/mol. The molecule has 2 heterocycles. The van der Waals surface area contributed by atoms with Crippen molar-refractivity contribution in [2.24, 2.45) is 23.7 Å². The van der Waals surface area contributed by atoms with Gasteiger partial charge < -0.3 is 14.3 Å². The van der Waals surface area contributed by atoms with Gasteiger partial charge in [0.1, 0.15) is 11.8 Å². The van der Waals surface area contributed by atoms with E-state index >= 15 is 0 Å². The molecule has 2 bridgehead atoms. The number of carbonyl (C=O) groups excluding carboxylic acids is 3. The van der Waals surface area contributed by atoms with E-state index in [1.807, 2.05) is 0 Å². The maximum absolute atomic E-state index is 12.8. The van der Waals surface area contributed by atoms with Crippen molar-refractivity contribution < 1.29 is 23.9 Å². The number of likely N-dealkylation sites (tertiary alicyclic amines) is 1. The van der Waals surface area contributed by atoms with Crippen molar-refractivity contribution in [2.75, 3.05) is 0 Å². The molecule has 2 amide bonds. The largest absolute Gasteiger partial charge is 0.550 e. The lowest BCUT2D eigenvalue weighted by Crippen LogP contribution is -2.39. The number of hydrogen-bond acceptors (Lipinski definition) is 5. The van der Waals surface area contributed by atoms with Crippen LogP contribution in [0.2, 0.25) is 0 Å². The molecule has 116 valence electrons. The normalized spacial score (nSPS) is 34.3. The fraction of sp³-hybridized carbons (Fsp3) is 0.562. The Morgan fingerprint density at radius 2 is 1.91 bits per heavy atom. The van der Waals surface area contributed by atoms with E-state index in [4.69, 9.17) is 4.42 Å². The summed E-state index contributed by atoms with van der Waals surface area (Å²) in [5.41, 5.74) is 0. The second-order valence-corrected chi connectivity index (χ2v) is 6.54. The number of imide groups is 1. The quantitative estimate of drug-likeness (QED) is 0.755. The maximum atomic E-state index is 12.8. The molecule has 0 spiro atoms. The van der Waals surface area contributed by atoms with E-state index < -0.39 is 18.4 Å². The number of hydrogen-bond donors (Lipinski definition) is 0. The molecule has 6 nitrogen and oxygen atoms in total. The number of aliphatic carboxylic acids is 1. The van der Waals surface area contributed by atoms with Crippen molar-refractivity contribution in [2.45, 2.75) is 31.7 Å². The van der Waals surface area contributed by atoms with Crippen LogP contribution in [0.15, 0.2) is 22.8 Å². The molecule has 22 heavy (non-hydrogen) atoms. The van der Waals surface area contributed by atoms with Gasteiger partial charge in [-0.1, -0.05) is 0 Å². The fourth-order valence-corrected chi connectivity index (χ4v) is 4.70. The molecule has 1 aliphatic heterocycles. The van der Waals surface area contributed by atoms with Gasteiger partial charge in [-0.3, -0.25) is 14.5 Å². The molecule has 4 rings (SSSR count). The topological polar surface area (TPSA) is 90.7 Å². The molecule has 6 heteroatoms. The molecule has 3 fully saturated rings. The highest BCUT2D eigenvalue weighted by Crippen LogP contribution is 2.57. The Hall–Kier alpha value is -2.11. The molecule has 2 saturated carbocycles. The highest BCUT2D eigenvalue weighted by molar-refractivity contribution is 6.06. The molecule has 0 radical (unpaired) electrons. The van der Waals surface area contributed by atoms with Crippen molar-refractivity contribution in [3.8, 4) is 0 Å². The first-order valence-corrected chi connectivity index (χ1v) is 7.68. The number of rotatable bonds is 4. The van der Waals surface area contributed by atoms with Crippen molar-refractivity contribution >= 4 is 17.8 Å². The second kappa shape index (κ2) is 4.69. The first kappa shape index (κ1) is 13.5. The minimum absolute atomic E-state index is 0.232. The first-order valence-electron chi connectivity index (χ1n) is 7.68. The van der Waals surface area contributed by atoms with Crippen LogP contribution in [0.25, 0.3) is 0 Å². The molecular weight excluding hydrogens is 286 g/mol. The summed E-state index contributed by atoms with van der Waals surface area (Å²) >= 11 is 0. The molecule has 1 saturated heterocycles. The van der Waals surface area contributed by atoms with Crippen LogP contribution >= 0.6 is 0 Å². The molecule has 5 atom stereocenters. The molecule has 1 aromatic heterocycles. The highest BCUT2D eigenvalue weighted by atomic mass is 16.4. The third kappa shape index (κ3) is 1.76. The van der Waals surface area contributed by atoms with Crippen molar-refractivity contribution in [1.82, 2.24) is 4.90 Å². The third-order valence-electron chi connectivity index (χ3n) is 5.50. The Morgan fingerprint density at radius 1 is 1.27 bits per heavy atom. The Balaban J connectivity index is 1.70. The van der Waals surface area contributed by atoms with Crippen LogP contribution < -0.4 is 5.11 Å². The van der Waals surface area contributed by atoms with Crippen LogP contribution in [0.4, 0.5) is 0 Å². The summed E-state index contributed by atoms with van der Waals surface area (Å²) in [4.78, 5) is 37.7. The van der Waals surface area contributed by atoms with E-state index in [0.29, 0.717) is 5.76 Å². The van der Waals surface area contributed by atoms with E-state index in [1.54, 1.807) is 12.1 Å². The zero-order chi connectivity index (χ0) is 15.4. The van der Waals surface area contributed by atoms with E-state index in [-0.39, 0.29) is 35.5 Å². The summed E-state index contributed by atoms with van der Waals surface area (Å²) in [5.74, 6) is -1.42. The van der Waals surface area contributed by atoms with Crippen LogP contribution in [0.1, 0.15) is 37.5 Å². The fourth-order valence-electron chi connectivity index (χ4n) is 4.70. The van der Waals surface area contributed by atoms with Crippen LogP contribution in [0.3, 0.4) is 0 Å². The van der Waals surface area contributed by atoms with Gasteiger partial charge in [-0.05, 0) is 43.2 Å². The van der Waals surface area contributed by atoms with Gasteiger partial charge in [0.2, 0.25) is 11.8 Å². The smallest absolute Gasteiger partial charge is 0.234 e. The summed E-state index contributed by atoms with van der Waals surface area (Å²) in [6, 6.07) is 2.31. The number of nitrogens with zero attached hydrogens (tertiary/aromatic N) is 1. The predicted octanol–water partition coefficient (Wildman–Crippen LogP) is 0.492. The summed E-state index contributed by atoms with van der Waals surface area (Å²) in [6.45, 7) is 0. The molecule has 0 aromatic carbocycles. The molecule has 0 unspecified atom stereocenters. The number of furan rings is 1. The van der Waals surface area contributed by atoms with Crippen LogP contribution in [-0.2, 0) is 14.4 Å². The number of carbonyl (C=O) groups is 3. The molecule has 3 aliphatic rings. The van der Waals surface area contributed by atoms with E-state index in [2.05, 4.69) is 0 Å². The van der Waals surface area contributed by atoms with Gasteiger partial charge >= 0.3 is 0 Å². The summed E-state index contributed by atoms with van der Waals surface area (Å²) < 4.78 is 5.26. The van der Waals surface area contributed by atoms with Crippen LogP contribution in [-0.4, -0.2) is 22.7 Å². The standard InChI is InChI=1S/C16H17NO5/c18-12(19)7-10(11-2-1-5-22-11)17-15(20)13-8-3-4-9(6-8)14(13)16(17)21/h1-2,5,8-10,13-14H,3-4,6-7H2,(H,18,19)/p-1/t8-,9-,10-,13-,14-/m0/s1. The lowest BCUT2D eigenvalue weighted by molar-refractivity contribution is -0.306. The SMILES string of the molecule is O=C([O-])C[C@@H](c1ccco1)N1C(=O)[C@H]2[C@H]3CC[C@@H](C3)[C@@H]2C1=O. The lowest BCUT2D eigenvalue weighted by atomic mass is 9.81. The van der Waals surface area contributed by atoms with Crippen LogP contribution in [0, 0.1) is 23.7 Å². The zero-order valence-electron chi connectivity index (χ0n) is 11.9. The van der Waals surface area contributed by atoms with Gasteiger partial charge in [-0.15, -0.1) is 0 Å². The second-order valence-electron chi connectivity index (χ2n) is 6.54. The van der Waals surface area contributed by atoms with Crippen molar-refractivity contribution in [3.63, 3.8) is 0 Å². The Bertz CT molecular complexity index is 609. The van der Waals surface area contributed by atoms with E-state index in [0.717, 1.165) is 24.2 Å². The average Bonchev–Trinajstić information content (AvgIpc) is 3.22. The van der Waals surface area contributed by atoms with Crippen molar-refractivity contribution in [1.29, 1.82) is 0 Å². The Kier molecular flexibility index (Phi) is 2.89. The van der Waals surface area contributed by atoms with Gasteiger partial charge in [0.25, 0.3) is 0 Å². The molecule has 1 aromatic rings. The monoisotopic (exact) mass is 302 g/mol. The van der Waals surface area contributed by atoms with E-state index in [1.165, 1.54) is 6.26 Å². The number of amides is 2. The molecular formula is C16H16NO5-. The minimum Gasteiger partial charge on any atom is -0.550 e. The Morgan fingerprint density at radius 3 is 2.41 bits per heavy atom. The summed E-state index contributed by atoms with van der Waals surface area (Å²) in [5, 5.41) is 11.1. The van der Waals surface area contributed by atoms with Crippen molar-refractivity contribution in [3.05, 3.63) is 24.2 Å². The van der Waals surface area contributed by atoms with Gasteiger partial charge in [-0.25, -0.2) is 0 Å².